The van der Waals surface area contributed by atoms with Crippen LogP contribution in [0.1, 0.15) is 20.3 Å². The smallest absolute Gasteiger partial charge is 0.219 e. The monoisotopic (exact) mass is 233 g/mol. The molecule has 0 heterocycles. The minimum atomic E-state index is 0.0524. The van der Waals surface area contributed by atoms with Gasteiger partial charge in [0, 0.05) is 19.6 Å². The van der Waals surface area contributed by atoms with Gasteiger partial charge in [0.2, 0.25) is 5.91 Å². The Balaban J connectivity index is 2.96. The molecule has 0 aromatic heterocycles. The average Bonchev–Trinajstić information content (AvgIpc) is 2.31. The molecule has 0 atom stereocenters. The van der Waals surface area contributed by atoms with Crippen LogP contribution >= 0.6 is 0 Å². The van der Waals surface area contributed by atoms with Crippen molar-refractivity contribution in [2.75, 3.05) is 46.2 Å². The molecule has 0 saturated heterocycles. The van der Waals surface area contributed by atoms with Crippen molar-refractivity contribution in [1.82, 2.24) is 5.32 Å². The number of carbonyl (C=O) groups is 1. The number of hydrogen-bond acceptors (Lipinski definition) is 4. The molecule has 0 bridgehead atoms. The van der Waals surface area contributed by atoms with Crippen LogP contribution in [0.25, 0.3) is 0 Å². The minimum Gasteiger partial charge on any atom is -0.379 e. The van der Waals surface area contributed by atoms with E-state index >= 15 is 0 Å². The summed E-state index contributed by atoms with van der Waals surface area (Å²) in [5.41, 5.74) is 0. The Morgan fingerprint density at radius 1 is 0.938 bits per heavy atom. The van der Waals surface area contributed by atoms with Crippen LogP contribution in [0.5, 0.6) is 0 Å². The fraction of sp³-hybridized carbons (Fsp3) is 0.909. The van der Waals surface area contributed by atoms with E-state index in [1.54, 1.807) is 0 Å². The predicted molar refractivity (Wildman–Crippen MR) is 61.4 cm³/mol. The van der Waals surface area contributed by atoms with Crippen molar-refractivity contribution in [3.63, 3.8) is 0 Å². The van der Waals surface area contributed by atoms with E-state index in [0.717, 1.165) is 6.61 Å². The lowest BCUT2D eigenvalue weighted by Crippen LogP contribution is -2.26. The molecule has 0 aliphatic heterocycles. The molecule has 0 radical (unpaired) electrons. The summed E-state index contributed by atoms with van der Waals surface area (Å²) in [6.45, 7) is 7.93. The molecular formula is C11H23NO4. The fourth-order valence-corrected chi connectivity index (χ4v) is 0.972. The van der Waals surface area contributed by atoms with Gasteiger partial charge in [-0.2, -0.15) is 0 Å². The first-order chi connectivity index (χ1) is 7.81. The summed E-state index contributed by atoms with van der Waals surface area (Å²) < 4.78 is 15.6. The van der Waals surface area contributed by atoms with Gasteiger partial charge in [-0.05, 0) is 6.92 Å². The molecule has 0 fully saturated rings. The first kappa shape index (κ1) is 15.3. The third-order valence-corrected chi connectivity index (χ3v) is 1.84. The van der Waals surface area contributed by atoms with E-state index in [0.29, 0.717) is 46.0 Å². The van der Waals surface area contributed by atoms with Crippen LogP contribution in [0, 0.1) is 0 Å². The minimum absolute atomic E-state index is 0.0524. The highest BCUT2D eigenvalue weighted by molar-refractivity contribution is 5.75. The summed E-state index contributed by atoms with van der Waals surface area (Å²) >= 11 is 0. The Morgan fingerprint density at radius 3 is 2.06 bits per heavy atom. The first-order valence-corrected chi connectivity index (χ1v) is 5.81. The SMILES string of the molecule is CCOCCOCCOCCNC(=O)CC. The lowest BCUT2D eigenvalue weighted by atomic mass is 10.4. The molecule has 0 aliphatic rings. The predicted octanol–water partition coefficient (Wildman–Crippen LogP) is 0.582. The molecule has 1 amide bonds. The van der Waals surface area contributed by atoms with Gasteiger partial charge in [-0.15, -0.1) is 0 Å². The van der Waals surface area contributed by atoms with Crippen molar-refractivity contribution in [2.45, 2.75) is 20.3 Å². The zero-order chi connectivity index (χ0) is 12.1. The normalized spacial score (nSPS) is 10.4. The molecule has 5 heteroatoms. The van der Waals surface area contributed by atoms with Crippen molar-refractivity contribution in [3.05, 3.63) is 0 Å². The van der Waals surface area contributed by atoms with Gasteiger partial charge in [0.15, 0.2) is 0 Å². The van der Waals surface area contributed by atoms with Crippen molar-refractivity contribution in [3.8, 4) is 0 Å². The molecule has 5 nitrogen and oxygen atoms in total. The molecular weight excluding hydrogens is 210 g/mol. The van der Waals surface area contributed by atoms with E-state index in [9.17, 15) is 4.79 Å². The van der Waals surface area contributed by atoms with E-state index in [1.165, 1.54) is 0 Å². The molecule has 1 N–H and O–H groups in total. The maximum Gasteiger partial charge on any atom is 0.219 e. The molecule has 0 saturated carbocycles. The van der Waals surface area contributed by atoms with E-state index in [1.807, 2.05) is 13.8 Å². The number of nitrogens with one attached hydrogen (secondary N) is 1. The third-order valence-electron chi connectivity index (χ3n) is 1.84. The molecule has 0 aromatic rings. The van der Waals surface area contributed by atoms with E-state index in [2.05, 4.69) is 5.32 Å². The zero-order valence-electron chi connectivity index (χ0n) is 10.3. The van der Waals surface area contributed by atoms with Gasteiger partial charge in [-0.1, -0.05) is 6.92 Å². The van der Waals surface area contributed by atoms with Gasteiger partial charge in [0.1, 0.15) is 0 Å². The average molecular weight is 233 g/mol. The highest BCUT2D eigenvalue weighted by atomic mass is 16.5. The molecule has 0 aliphatic carbocycles. The van der Waals surface area contributed by atoms with Crippen LogP contribution in [-0.4, -0.2) is 52.1 Å². The van der Waals surface area contributed by atoms with Crippen molar-refractivity contribution >= 4 is 5.91 Å². The molecule has 96 valence electrons. The number of ether oxygens (including phenoxy) is 3. The number of carbonyl (C=O) groups excluding carboxylic acids is 1. The highest BCUT2D eigenvalue weighted by Gasteiger charge is 1.95. The molecule has 16 heavy (non-hydrogen) atoms. The lowest BCUT2D eigenvalue weighted by Gasteiger charge is -2.06. The zero-order valence-corrected chi connectivity index (χ0v) is 10.3. The van der Waals surface area contributed by atoms with Gasteiger partial charge in [-0.3, -0.25) is 4.79 Å². The maximum atomic E-state index is 10.8. The summed E-state index contributed by atoms with van der Waals surface area (Å²) in [5, 5.41) is 2.73. The summed E-state index contributed by atoms with van der Waals surface area (Å²) in [5.74, 6) is 0.0524. The number of amides is 1. The molecule has 0 spiro atoms. The van der Waals surface area contributed by atoms with Crippen LogP contribution in [0.15, 0.2) is 0 Å². The fourth-order valence-electron chi connectivity index (χ4n) is 0.972. The second-order valence-corrected chi connectivity index (χ2v) is 3.13. The van der Waals surface area contributed by atoms with Crippen molar-refractivity contribution in [2.24, 2.45) is 0 Å². The van der Waals surface area contributed by atoms with Gasteiger partial charge < -0.3 is 19.5 Å². The number of rotatable bonds is 11. The first-order valence-electron chi connectivity index (χ1n) is 5.81. The molecule has 0 unspecified atom stereocenters. The van der Waals surface area contributed by atoms with Crippen LogP contribution in [0.3, 0.4) is 0 Å². The highest BCUT2D eigenvalue weighted by Crippen LogP contribution is 1.81. The standard InChI is InChI=1S/C11H23NO4/c1-3-11(13)12-5-6-15-9-10-16-8-7-14-4-2/h3-10H2,1-2H3,(H,12,13). The van der Waals surface area contributed by atoms with E-state index < -0.39 is 0 Å². The summed E-state index contributed by atoms with van der Waals surface area (Å²) in [6.07, 6.45) is 0.514. The summed E-state index contributed by atoms with van der Waals surface area (Å²) in [7, 11) is 0. The quantitative estimate of drug-likeness (QED) is 0.530. The summed E-state index contributed by atoms with van der Waals surface area (Å²) in [4.78, 5) is 10.8. The van der Waals surface area contributed by atoms with Crippen LogP contribution in [0.4, 0.5) is 0 Å². The Morgan fingerprint density at radius 2 is 1.50 bits per heavy atom. The van der Waals surface area contributed by atoms with Gasteiger partial charge in [-0.25, -0.2) is 0 Å². The topological polar surface area (TPSA) is 56.8 Å². The van der Waals surface area contributed by atoms with E-state index in [4.69, 9.17) is 14.2 Å². The van der Waals surface area contributed by atoms with Crippen LogP contribution < -0.4 is 5.32 Å². The van der Waals surface area contributed by atoms with Crippen LogP contribution in [0.2, 0.25) is 0 Å². The van der Waals surface area contributed by atoms with Crippen molar-refractivity contribution < 1.29 is 19.0 Å². The lowest BCUT2D eigenvalue weighted by molar-refractivity contribution is -0.121. The Kier molecular flexibility index (Phi) is 11.9. The second-order valence-electron chi connectivity index (χ2n) is 3.13. The maximum absolute atomic E-state index is 10.8. The summed E-state index contributed by atoms with van der Waals surface area (Å²) in [6, 6.07) is 0. The van der Waals surface area contributed by atoms with Gasteiger partial charge >= 0.3 is 0 Å². The Hall–Kier alpha value is -0.650. The van der Waals surface area contributed by atoms with E-state index in [-0.39, 0.29) is 5.91 Å². The van der Waals surface area contributed by atoms with Gasteiger partial charge in [0.05, 0.1) is 33.0 Å². The number of hydrogen-bond donors (Lipinski definition) is 1. The molecule has 0 aromatic carbocycles. The van der Waals surface area contributed by atoms with Crippen LogP contribution in [-0.2, 0) is 19.0 Å². The third kappa shape index (κ3) is 11.4. The van der Waals surface area contributed by atoms with Crippen molar-refractivity contribution in [1.29, 1.82) is 0 Å². The second kappa shape index (κ2) is 12.4. The Labute approximate surface area is 97.4 Å². The largest absolute Gasteiger partial charge is 0.379 e. The Bertz CT molecular complexity index is 164. The van der Waals surface area contributed by atoms with Gasteiger partial charge in [0.25, 0.3) is 0 Å². The molecule has 0 rings (SSSR count).